The van der Waals surface area contributed by atoms with E-state index in [0.717, 1.165) is 52.0 Å². The lowest BCUT2D eigenvalue weighted by Gasteiger charge is -2.25. The molecule has 2 aromatic carbocycles. The van der Waals surface area contributed by atoms with Crippen LogP contribution in [0.1, 0.15) is 11.1 Å². The quantitative estimate of drug-likeness (QED) is 0.618. The van der Waals surface area contributed by atoms with Crippen LogP contribution in [0.25, 0.3) is 33.1 Å². The van der Waals surface area contributed by atoms with E-state index in [1.807, 2.05) is 24.4 Å². The Hall–Kier alpha value is -3.08. The van der Waals surface area contributed by atoms with E-state index in [1.54, 1.807) is 14.2 Å². The SMILES string of the molecule is COc1cc(OC)cc(-c2nc3ccc4cn[nH]c4c3c3c2CC3)c1. The second-order valence-corrected chi connectivity index (χ2v) is 6.31. The summed E-state index contributed by atoms with van der Waals surface area (Å²) in [6.45, 7) is 0. The normalized spacial score (nSPS) is 12.9. The minimum atomic E-state index is 0.772. The van der Waals surface area contributed by atoms with Gasteiger partial charge in [0, 0.05) is 22.4 Å². The van der Waals surface area contributed by atoms with E-state index in [2.05, 4.69) is 22.3 Å². The van der Waals surface area contributed by atoms with Gasteiger partial charge in [-0.05, 0) is 48.2 Å². The molecule has 0 saturated heterocycles. The maximum Gasteiger partial charge on any atom is 0.123 e. The zero-order valence-corrected chi connectivity index (χ0v) is 14.1. The van der Waals surface area contributed by atoms with E-state index < -0.39 is 0 Å². The van der Waals surface area contributed by atoms with Crippen molar-refractivity contribution in [3.8, 4) is 22.8 Å². The molecule has 1 aliphatic rings. The Bertz CT molecular complexity index is 1110. The van der Waals surface area contributed by atoms with Gasteiger partial charge in [-0.25, -0.2) is 4.98 Å². The van der Waals surface area contributed by atoms with Crippen LogP contribution in [0.5, 0.6) is 11.5 Å². The van der Waals surface area contributed by atoms with Crippen LogP contribution in [0.2, 0.25) is 0 Å². The van der Waals surface area contributed by atoms with Crippen LogP contribution in [0.15, 0.2) is 36.5 Å². The molecule has 1 aliphatic carbocycles. The average Bonchev–Trinajstić information content (AvgIpc) is 3.09. The fourth-order valence-electron chi connectivity index (χ4n) is 3.68. The van der Waals surface area contributed by atoms with Gasteiger partial charge in [0.2, 0.25) is 0 Å². The Labute approximate surface area is 144 Å². The predicted molar refractivity (Wildman–Crippen MR) is 97.3 cm³/mol. The number of ether oxygens (including phenoxy) is 2. The lowest BCUT2D eigenvalue weighted by atomic mass is 9.82. The van der Waals surface area contributed by atoms with E-state index in [1.165, 1.54) is 16.5 Å². The number of hydrogen-bond donors (Lipinski definition) is 1. The molecule has 0 atom stereocenters. The van der Waals surface area contributed by atoms with Crippen molar-refractivity contribution in [2.45, 2.75) is 12.8 Å². The number of pyridine rings is 1. The maximum absolute atomic E-state index is 5.42. The molecule has 5 nitrogen and oxygen atoms in total. The zero-order chi connectivity index (χ0) is 17.0. The molecule has 5 rings (SSSR count). The highest BCUT2D eigenvalue weighted by Crippen LogP contribution is 2.41. The highest BCUT2D eigenvalue weighted by molar-refractivity contribution is 6.07. The number of hydrogen-bond acceptors (Lipinski definition) is 4. The van der Waals surface area contributed by atoms with Gasteiger partial charge in [-0.1, -0.05) is 0 Å². The number of fused-ring (bicyclic) bond motifs is 5. The summed E-state index contributed by atoms with van der Waals surface area (Å²) < 4.78 is 10.8. The molecule has 2 heterocycles. The van der Waals surface area contributed by atoms with Gasteiger partial charge in [0.1, 0.15) is 11.5 Å². The molecule has 1 N–H and O–H groups in total. The summed E-state index contributed by atoms with van der Waals surface area (Å²) in [5.74, 6) is 1.54. The third-order valence-corrected chi connectivity index (χ3v) is 5.03. The molecule has 0 saturated carbocycles. The molecule has 0 unspecified atom stereocenters. The largest absolute Gasteiger partial charge is 0.497 e. The third-order valence-electron chi connectivity index (χ3n) is 5.03. The highest BCUT2D eigenvalue weighted by Gasteiger charge is 2.25. The molecule has 0 amide bonds. The average molecular weight is 331 g/mol. The molecule has 124 valence electrons. The number of aryl methyl sites for hydroxylation is 1. The van der Waals surface area contributed by atoms with Crippen LogP contribution in [-0.4, -0.2) is 29.4 Å². The topological polar surface area (TPSA) is 60.0 Å². The summed E-state index contributed by atoms with van der Waals surface area (Å²) in [4.78, 5) is 4.98. The van der Waals surface area contributed by atoms with Crippen molar-refractivity contribution in [3.05, 3.63) is 47.7 Å². The van der Waals surface area contributed by atoms with Gasteiger partial charge in [-0.3, -0.25) is 5.10 Å². The van der Waals surface area contributed by atoms with Crippen molar-refractivity contribution in [2.75, 3.05) is 14.2 Å². The van der Waals surface area contributed by atoms with E-state index in [4.69, 9.17) is 14.5 Å². The first kappa shape index (κ1) is 14.3. The summed E-state index contributed by atoms with van der Waals surface area (Å²) in [6, 6.07) is 10.1. The number of H-pyrrole nitrogens is 1. The van der Waals surface area contributed by atoms with Crippen molar-refractivity contribution < 1.29 is 9.47 Å². The standard InChI is InChI=1S/C20H17N3O2/c1-24-13-7-12(8-14(9-13)25-2)19-16-5-4-15(16)18-17(22-19)6-3-11-10-21-23-20(11)18/h3,6-10H,4-5H2,1-2H3,(H,21,23). The molecule has 0 bridgehead atoms. The second kappa shape index (κ2) is 5.21. The third kappa shape index (κ3) is 2.02. The van der Waals surface area contributed by atoms with Crippen LogP contribution in [0.3, 0.4) is 0 Å². The maximum atomic E-state index is 5.42. The number of rotatable bonds is 3. The minimum Gasteiger partial charge on any atom is -0.497 e. The molecule has 5 heteroatoms. The Morgan fingerprint density at radius 1 is 0.960 bits per heavy atom. The predicted octanol–water partition coefficient (Wildman–Crippen LogP) is 3.89. The van der Waals surface area contributed by atoms with Crippen molar-refractivity contribution in [1.82, 2.24) is 15.2 Å². The Morgan fingerprint density at radius 3 is 2.40 bits per heavy atom. The van der Waals surface area contributed by atoms with Crippen LogP contribution < -0.4 is 9.47 Å². The number of nitrogens with one attached hydrogen (secondary N) is 1. The van der Waals surface area contributed by atoms with E-state index in [-0.39, 0.29) is 0 Å². The smallest absolute Gasteiger partial charge is 0.123 e. The number of methoxy groups -OCH3 is 2. The molecular weight excluding hydrogens is 314 g/mol. The van der Waals surface area contributed by atoms with Gasteiger partial charge in [0.05, 0.1) is 37.1 Å². The Kier molecular flexibility index (Phi) is 2.98. The van der Waals surface area contributed by atoms with E-state index >= 15 is 0 Å². The molecule has 0 spiro atoms. The number of aromatic nitrogens is 3. The van der Waals surface area contributed by atoms with Crippen molar-refractivity contribution in [3.63, 3.8) is 0 Å². The summed E-state index contributed by atoms with van der Waals surface area (Å²) in [6.07, 6.45) is 3.97. The summed E-state index contributed by atoms with van der Waals surface area (Å²) in [7, 11) is 3.33. The number of nitrogens with zero attached hydrogens (tertiary/aromatic N) is 2. The molecule has 0 fully saturated rings. The Morgan fingerprint density at radius 2 is 1.72 bits per heavy atom. The first-order valence-corrected chi connectivity index (χ1v) is 8.29. The van der Waals surface area contributed by atoms with Gasteiger partial charge in [0.15, 0.2) is 0 Å². The first-order valence-electron chi connectivity index (χ1n) is 8.29. The lowest BCUT2D eigenvalue weighted by Crippen LogP contribution is -2.13. The van der Waals surface area contributed by atoms with Gasteiger partial charge in [-0.2, -0.15) is 5.10 Å². The molecule has 25 heavy (non-hydrogen) atoms. The fourth-order valence-corrected chi connectivity index (χ4v) is 3.68. The van der Waals surface area contributed by atoms with Crippen molar-refractivity contribution in [1.29, 1.82) is 0 Å². The van der Waals surface area contributed by atoms with Crippen molar-refractivity contribution >= 4 is 21.8 Å². The van der Waals surface area contributed by atoms with Gasteiger partial charge >= 0.3 is 0 Å². The summed E-state index contributed by atoms with van der Waals surface area (Å²) >= 11 is 0. The molecule has 0 radical (unpaired) electrons. The Balaban J connectivity index is 1.81. The number of aromatic amines is 1. The van der Waals surface area contributed by atoms with Crippen molar-refractivity contribution in [2.24, 2.45) is 0 Å². The van der Waals surface area contributed by atoms with Gasteiger partial charge in [-0.15, -0.1) is 0 Å². The van der Waals surface area contributed by atoms with Gasteiger partial charge in [0.25, 0.3) is 0 Å². The molecule has 2 aromatic heterocycles. The van der Waals surface area contributed by atoms with E-state index in [0.29, 0.717) is 0 Å². The highest BCUT2D eigenvalue weighted by atomic mass is 16.5. The first-order chi connectivity index (χ1) is 12.3. The molecule has 4 aromatic rings. The lowest BCUT2D eigenvalue weighted by molar-refractivity contribution is 0.394. The summed E-state index contributed by atoms with van der Waals surface area (Å²) in [5.41, 5.74) is 6.80. The van der Waals surface area contributed by atoms with Crippen LogP contribution in [0.4, 0.5) is 0 Å². The fraction of sp³-hybridized carbons (Fsp3) is 0.200. The number of benzene rings is 2. The summed E-state index contributed by atoms with van der Waals surface area (Å²) in [5, 5.41) is 9.64. The zero-order valence-electron chi connectivity index (χ0n) is 14.1. The van der Waals surface area contributed by atoms with Crippen LogP contribution in [-0.2, 0) is 12.8 Å². The second-order valence-electron chi connectivity index (χ2n) is 6.31. The van der Waals surface area contributed by atoms with Crippen LogP contribution in [0, 0.1) is 0 Å². The monoisotopic (exact) mass is 331 g/mol. The van der Waals surface area contributed by atoms with Gasteiger partial charge < -0.3 is 9.47 Å². The minimum absolute atomic E-state index is 0.772. The van der Waals surface area contributed by atoms with E-state index in [9.17, 15) is 0 Å². The molecular formula is C20H17N3O2. The van der Waals surface area contributed by atoms with Crippen LogP contribution >= 0.6 is 0 Å². The molecule has 0 aliphatic heterocycles.